The third-order valence-electron chi connectivity index (χ3n) is 16.7. The van der Waals surface area contributed by atoms with Gasteiger partial charge in [0.05, 0.1) is 31.5 Å². The average Bonchev–Trinajstić information content (AvgIpc) is 3.56. The lowest BCUT2D eigenvalue weighted by atomic mass is 9.60. The van der Waals surface area contributed by atoms with Crippen LogP contribution in [0.4, 0.5) is 0 Å². The molecule has 5 rings (SSSR count). The first kappa shape index (κ1) is 45.5. The fourth-order valence-corrected chi connectivity index (χ4v) is 13.5. The minimum absolute atomic E-state index is 0.00322. The lowest BCUT2D eigenvalue weighted by Gasteiger charge is -2.46. The number of rotatable bonds is 16. The molecule has 0 aromatic heterocycles. The molecule has 4 aliphatic carbocycles. The van der Waals surface area contributed by atoms with Crippen LogP contribution in [-0.2, 0) is 18.3 Å². The molecule has 0 unspecified atom stereocenters. The van der Waals surface area contributed by atoms with Crippen LogP contribution in [0.2, 0.25) is 36.3 Å². The maximum absolute atomic E-state index is 11.8. The maximum Gasteiger partial charge on any atom is 0.192 e. The summed E-state index contributed by atoms with van der Waals surface area (Å²) in [5, 5.41) is 12.1. The largest absolute Gasteiger partial charge is 0.413 e. The number of aliphatic hydroxyl groups excluding tert-OH is 1. The highest BCUT2D eigenvalue weighted by Gasteiger charge is 2.62. The number of ether oxygens (including phenoxy) is 2. The van der Waals surface area contributed by atoms with E-state index in [1.54, 1.807) is 5.57 Å². The summed E-state index contributed by atoms with van der Waals surface area (Å²) in [6.07, 6.45) is 22.9. The molecule has 55 heavy (non-hydrogen) atoms. The van der Waals surface area contributed by atoms with Crippen LogP contribution in [0.5, 0.6) is 0 Å². The van der Waals surface area contributed by atoms with E-state index in [1.165, 1.54) is 75.4 Å². The van der Waals surface area contributed by atoms with Crippen LogP contribution in [0, 0.1) is 28.6 Å². The molecule has 5 nitrogen and oxygen atoms in total. The zero-order valence-corrected chi connectivity index (χ0v) is 40.1. The Labute approximate surface area is 341 Å². The van der Waals surface area contributed by atoms with Gasteiger partial charge in [0, 0.05) is 18.3 Å². The third-order valence-corrected chi connectivity index (χ3v) is 25.7. The quantitative estimate of drug-likeness (QED) is 0.124. The van der Waals surface area contributed by atoms with Crippen molar-refractivity contribution in [1.82, 2.24) is 0 Å². The molecule has 1 N–H and O–H groups in total. The topological polar surface area (TPSA) is 57.2 Å². The summed E-state index contributed by atoms with van der Waals surface area (Å²) in [4.78, 5) is 0. The van der Waals surface area contributed by atoms with Crippen molar-refractivity contribution in [1.29, 1.82) is 0 Å². The second-order valence-electron chi connectivity index (χ2n) is 22.4. The van der Waals surface area contributed by atoms with Gasteiger partial charge in [0.25, 0.3) is 0 Å². The highest BCUT2D eigenvalue weighted by molar-refractivity contribution is 6.74. The lowest BCUT2D eigenvalue weighted by molar-refractivity contribution is -0.214. The summed E-state index contributed by atoms with van der Waals surface area (Å²) in [5.74, 6) is 1.07. The Morgan fingerprint density at radius 1 is 0.891 bits per heavy atom. The van der Waals surface area contributed by atoms with Crippen molar-refractivity contribution in [3.8, 4) is 0 Å². The van der Waals surface area contributed by atoms with E-state index in [0.29, 0.717) is 17.8 Å². The zero-order valence-electron chi connectivity index (χ0n) is 38.1. The standard InChI is InChI=1S/C48H86O5Si2/c1-15-16-17-28-48(50-31-32-51-48)47(29-30-47)27-19-21-42(49)36(3)40-24-25-41-37(20-18-26-46(40,41)10)22-23-38-33-39(52-54(11,12)44(4,5)6)34-43(35(38)2)53-55(13,14)45(7,8)9/h22-23,36,39-43,49H,2,15-21,24-34H2,1,3-14H3/b37-22+,38-23-/t36-,39+,40+,41-,42-,43-,46+/m0/s1. The second kappa shape index (κ2) is 17.2. The molecule has 1 aliphatic heterocycles. The van der Waals surface area contributed by atoms with Crippen molar-refractivity contribution in [3.05, 3.63) is 35.5 Å². The maximum atomic E-state index is 11.8. The minimum atomic E-state index is -2.01. The van der Waals surface area contributed by atoms with E-state index in [4.69, 9.17) is 24.9 Å². The summed E-state index contributed by atoms with van der Waals surface area (Å²) in [6.45, 7) is 36.9. The predicted octanol–water partition coefficient (Wildman–Crippen LogP) is 13.5. The fraction of sp³-hybridized carbons (Fsp3) is 0.875. The number of unbranched alkanes of at least 4 members (excludes halogenated alkanes) is 2. The Morgan fingerprint density at radius 3 is 2.13 bits per heavy atom. The lowest BCUT2D eigenvalue weighted by Crippen LogP contribution is -2.49. The normalized spacial score (nSPS) is 32.6. The first-order valence-electron chi connectivity index (χ1n) is 22.9. The number of allylic oxidation sites excluding steroid dienone is 3. The van der Waals surface area contributed by atoms with Gasteiger partial charge in [-0.25, -0.2) is 0 Å². The van der Waals surface area contributed by atoms with E-state index in [9.17, 15) is 5.11 Å². The highest BCUT2D eigenvalue weighted by atomic mass is 28.4. The Bertz CT molecular complexity index is 1370. The fourth-order valence-electron chi connectivity index (χ4n) is 10.8. The predicted molar refractivity (Wildman–Crippen MR) is 236 cm³/mol. The van der Waals surface area contributed by atoms with Gasteiger partial charge >= 0.3 is 0 Å². The first-order valence-corrected chi connectivity index (χ1v) is 28.7. The summed E-state index contributed by atoms with van der Waals surface area (Å²) in [7, 11) is -3.97. The van der Waals surface area contributed by atoms with Gasteiger partial charge < -0.3 is 23.4 Å². The molecule has 1 saturated heterocycles. The van der Waals surface area contributed by atoms with Gasteiger partial charge in [-0.1, -0.05) is 106 Å². The highest BCUT2D eigenvalue weighted by Crippen LogP contribution is 2.63. The number of hydrogen-bond donors (Lipinski definition) is 1. The van der Waals surface area contributed by atoms with E-state index in [2.05, 4.69) is 101 Å². The van der Waals surface area contributed by atoms with Crippen molar-refractivity contribution in [3.63, 3.8) is 0 Å². The van der Waals surface area contributed by atoms with E-state index in [0.717, 1.165) is 51.7 Å². The molecule has 0 bridgehead atoms. The molecule has 1 heterocycles. The van der Waals surface area contributed by atoms with Crippen molar-refractivity contribution < 1.29 is 23.4 Å². The molecular formula is C48H86O5Si2. The molecule has 0 aromatic carbocycles. The van der Waals surface area contributed by atoms with Gasteiger partial charge in [-0.15, -0.1) is 0 Å². The molecule has 5 fully saturated rings. The van der Waals surface area contributed by atoms with E-state index >= 15 is 0 Å². The molecule has 0 amide bonds. The van der Waals surface area contributed by atoms with Crippen molar-refractivity contribution >= 4 is 16.6 Å². The Hall–Kier alpha value is -0.546. The zero-order chi connectivity index (χ0) is 40.7. The van der Waals surface area contributed by atoms with E-state index < -0.39 is 16.6 Å². The number of fused-ring (bicyclic) bond motifs is 1. The molecule has 316 valence electrons. The smallest absolute Gasteiger partial charge is 0.192 e. The molecule has 7 heteroatoms. The summed E-state index contributed by atoms with van der Waals surface area (Å²) in [6, 6.07) is 0. The molecule has 5 aliphatic rings. The Kier molecular flexibility index (Phi) is 14.2. The van der Waals surface area contributed by atoms with Crippen LogP contribution in [-0.4, -0.2) is 59.1 Å². The van der Waals surface area contributed by atoms with Gasteiger partial charge in [0.2, 0.25) is 0 Å². The monoisotopic (exact) mass is 799 g/mol. The Morgan fingerprint density at radius 2 is 1.53 bits per heavy atom. The average molecular weight is 799 g/mol. The van der Waals surface area contributed by atoms with Crippen LogP contribution >= 0.6 is 0 Å². The SMILES string of the molecule is C=C1/C(=C\C=C2/CCC[C@]3(C)[C@@H]([C@H](C)[C@@H](O)CCCC4(C5(CCCCC)OCCO5)CC4)CC[C@@H]23)C[C@@H](O[Si](C)(C)C(C)(C)C)C[C@@H]1O[Si](C)(C)C(C)(C)C. The molecule has 0 radical (unpaired) electrons. The van der Waals surface area contributed by atoms with E-state index in [1.807, 2.05) is 0 Å². The van der Waals surface area contributed by atoms with Crippen LogP contribution in [0.15, 0.2) is 35.5 Å². The van der Waals surface area contributed by atoms with Crippen LogP contribution in [0.25, 0.3) is 0 Å². The van der Waals surface area contributed by atoms with E-state index in [-0.39, 0.29) is 45.0 Å². The van der Waals surface area contributed by atoms with Gasteiger partial charge in [0.15, 0.2) is 22.4 Å². The molecule has 7 atom stereocenters. The van der Waals surface area contributed by atoms with Crippen molar-refractivity contribution in [2.45, 2.75) is 225 Å². The second-order valence-corrected chi connectivity index (χ2v) is 31.9. The van der Waals surface area contributed by atoms with Gasteiger partial charge in [-0.3, -0.25) is 0 Å². The Balaban J connectivity index is 1.27. The molecule has 0 spiro atoms. The molecular weight excluding hydrogens is 713 g/mol. The first-order chi connectivity index (χ1) is 25.5. The van der Waals surface area contributed by atoms with Crippen LogP contribution < -0.4 is 0 Å². The van der Waals surface area contributed by atoms with Gasteiger partial charge in [0.1, 0.15) is 0 Å². The number of hydrogen-bond acceptors (Lipinski definition) is 5. The van der Waals surface area contributed by atoms with Crippen LogP contribution in [0.1, 0.15) is 165 Å². The summed E-state index contributed by atoms with van der Waals surface area (Å²) >= 11 is 0. The third kappa shape index (κ3) is 9.75. The summed E-state index contributed by atoms with van der Waals surface area (Å²) < 4.78 is 27.1. The van der Waals surface area contributed by atoms with Crippen molar-refractivity contribution in [2.24, 2.45) is 28.6 Å². The minimum Gasteiger partial charge on any atom is -0.413 e. The number of aliphatic hydroxyl groups is 1. The van der Waals surface area contributed by atoms with Crippen LogP contribution in [0.3, 0.4) is 0 Å². The van der Waals surface area contributed by atoms with Gasteiger partial charge in [-0.05, 0) is 141 Å². The van der Waals surface area contributed by atoms with Gasteiger partial charge in [-0.2, -0.15) is 0 Å². The van der Waals surface area contributed by atoms with Crippen molar-refractivity contribution in [2.75, 3.05) is 13.2 Å². The molecule has 0 aromatic rings. The summed E-state index contributed by atoms with van der Waals surface area (Å²) in [5.41, 5.74) is 4.52. The molecule has 4 saturated carbocycles.